The van der Waals surface area contributed by atoms with Crippen molar-refractivity contribution < 1.29 is 18.7 Å². The number of rotatable bonds is 5. The maximum Gasteiger partial charge on any atom is 0.339 e. The third-order valence-electron chi connectivity index (χ3n) is 5.85. The number of hydrogen-bond donors (Lipinski definition) is 0. The van der Waals surface area contributed by atoms with Crippen molar-refractivity contribution in [1.29, 1.82) is 0 Å². The van der Waals surface area contributed by atoms with E-state index in [-0.39, 0.29) is 12.5 Å². The van der Waals surface area contributed by atoms with Crippen molar-refractivity contribution in [3.05, 3.63) is 95.6 Å². The van der Waals surface area contributed by atoms with Gasteiger partial charge in [0, 0.05) is 18.1 Å². The molecule has 1 amide bonds. The highest BCUT2D eigenvalue weighted by atomic mass is 16.5. The number of anilines is 1. The molecule has 0 radical (unpaired) electrons. The predicted octanol–water partition coefficient (Wildman–Crippen LogP) is 5.13. The Balaban J connectivity index is 1.45. The van der Waals surface area contributed by atoms with Crippen molar-refractivity contribution >= 4 is 40.1 Å². The fourth-order valence-electron chi connectivity index (χ4n) is 4.15. The van der Waals surface area contributed by atoms with Crippen LogP contribution < -0.4 is 4.90 Å². The van der Waals surface area contributed by atoms with E-state index in [9.17, 15) is 9.59 Å². The first-order valence-electron chi connectivity index (χ1n) is 10.8. The number of nitrogens with zero attached hydrogens (tertiary/aromatic N) is 2. The Bertz CT molecular complexity index is 1360. The quantitative estimate of drug-likeness (QED) is 0.404. The topological polar surface area (TPSA) is 72.6 Å². The molecule has 4 aromatic rings. The van der Waals surface area contributed by atoms with Gasteiger partial charge in [0.15, 0.2) is 6.61 Å². The molecule has 2 aromatic carbocycles. The van der Waals surface area contributed by atoms with Gasteiger partial charge in [0.05, 0.1) is 23.0 Å². The van der Waals surface area contributed by atoms with Crippen LogP contribution in [-0.4, -0.2) is 30.5 Å². The maximum absolute atomic E-state index is 13.2. The minimum Gasteiger partial charge on any atom is -0.465 e. The minimum atomic E-state index is -0.515. The van der Waals surface area contributed by atoms with Gasteiger partial charge in [-0.1, -0.05) is 36.4 Å². The van der Waals surface area contributed by atoms with Gasteiger partial charge in [0.1, 0.15) is 5.76 Å². The zero-order chi connectivity index (χ0) is 22.8. The van der Waals surface area contributed by atoms with E-state index >= 15 is 0 Å². The number of hydrogen-bond acceptors (Lipinski definition) is 5. The Morgan fingerprint density at radius 2 is 1.82 bits per heavy atom. The Kier molecular flexibility index (Phi) is 5.48. The number of ether oxygens (including phenoxy) is 1. The second-order valence-electron chi connectivity index (χ2n) is 7.88. The van der Waals surface area contributed by atoms with E-state index in [1.54, 1.807) is 13.3 Å². The number of amides is 1. The average molecular weight is 438 g/mol. The van der Waals surface area contributed by atoms with Crippen molar-refractivity contribution in [2.45, 2.75) is 12.8 Å². The molecule has 0 bridgehead atoms. The molecule has 1 aliphatic carbocycles. The van der Waals surface area contributed by atoms with Crippen molar-refractivity contribution in [3.63, 3.8) is 0 Å². The number of likely N-dealkylation sites (N-methyl/N-ethyl adjacent to an activating group) is 1. The summed E-state index contributed by atoms with van der Waals surface area (Å²) in [6.07, 6.45) is 5.00. The second kappa shape index (κ2) is 8.74. The minimum absolute atomic E-state index is 0.303. The van der Waals surface area contributed by atoms with Crippen LogP contribution in [0.2, 0.25) is 0 Å². The largest absolute Gasteiger partial charge is 0.465 e. The van der Waals surface area contributed by atoms with Gasteiger partial charge in [-0.05, 0) is 60.4 Å². The number of benzene rings is 2. The summed E-state index contributed by atoms with van der Waals surface area (Å²) in [5.41, 5.74) is 4.57. The van der Waals surface area contributed by atoms with E-state index in [1.165, 1.54) is 4.90 Å². The second-order valence-corrected chi connectivity index (χ2v) is 7.88. The molecule has 6 nitrogen and oxygen atoms in total. The number of esters is 1. The molecule has 0 saturated carbocycles. The summed E-state index contributed by atoms with van der Waals surface area (Å²) >= 11 is 0. The lowest BCUT2D eigenvalue weighted by Crippen LogP contribution is -2.31. The van der Waals surface area contributed by atoms with E-state index in [0.29, 0.717) is 17.5 Å². The number of furan rings is 1. The lowest BCUT2D eigenvalue weighted by Gasteiger charge is -2.17. The number of aromatic nitrogens is 1. The molecule has 0 unspecified atom stereocenters. The smallest absolute Gasteiger partial charge is 0.339 e. The maximum atomic E-state index is 13.2. The highest BCUT2D eigenvalue weighted by Gasteiger charge is 2.28. The van der Waals surface area contributed by atoms with Gasteiger partial charge >= 0.3 is 5.97 Å². The number of carbonyl (C=O) groups excluding carboxylic acids is 2. The summed E-state index contributed by atoms with van der Waals surface area (Å²) < 4.78 is 11.0. The molecule has 0 N–H and O–H groups in total. The van der Waals surface area contributed by atoms with Crippen LogP contribution in [0.3, 0.4) is 0 Å². The van der Waals surface area contributed by atoms with E-state index in [0.717, 1.165) is 40.1 Å². The molecule has 0 aliphatic heterocycles. The van der Waals surface area contributed by atoms with Gasteiger partial charge in [0.25, 0.3) is 5.91 Å². The molecule has 0 atom stereocenters. The average Bonchev–Trinajstić information content (AvgIpc) is 3.51. The standard InChI is InChI=1S/C27H22N2O4/c1-29(19-8-3-2-4-9-19)24(30)17-33-27(31)25-21-11-5-6-12-23(21)28-26-18(13-14-22(25)26)16-20-10-7-15-32-20/h2-12,15-16H,13-14,17H2,1H3. The van der Waals surface area contributed by atoms with Crippen molar-refractivity contribution in [2.75, 3.05) is 18.6 Å². The van der Waals surface area contributed by atoms with Gasteiger partial charge in [-0.2, -0.15) is 0 Å². The predicted molar refractivity (Wildman–Crippen MR) is 127 cm³/mol. The SMILES string of the molecule is CN(C(=O)COC(=O)c1c2c(nc3ccccc13)C(=Cc1ccco1)CC2)c1ccccc1. The molecule has 2 heterocycles. The van der Waals surface area contributed by atoms with Crippen LogP contribution in [0.25, 0.3) is 22.6 Å². The Hall–Kier alpha value is -4.19. The Morgan fingerprint density at radius 1 is 1.03 bits per heavy atom. The fourth-order valence-corrected chi connectivity index (χ4v) is 4.15. The fraction of sp³-hybridized carbons (Fsp3) is 0.148. The lowest BCUT2D eigenvalue weighted by molar-refractivity contribution is -0.121. The summed E-state index contributed by atoms with van der Waals surface area (Å²) in [7, 11) is 1.66. The molecule has 0 spiro atoms. The third-order valence-corrected chi connectivity index (χ3v) is 5.85. The molecule has 6 heteroatoms. The Labute approximate surface area is 191 Å². The molecule has 33 heavy (non-hydrogen) atoms. The molecule has 5 rings (SSSR count). The first kappa shape index (κ1) is 20.7. The lowest BCUT2D eigenvalue weighted by atomic mass is 10.0. The number of carbonyl (C=O) groups is 2. The van der Waals surface area contributed by atoms with E-state index in [4.69, 9.17) is 14.1 Å². The number of para-hydroxylation sites is 2. The van der Waals surface area contributed by atoms with Gasteiger partial charge in [-0.15, -0.1) is 0 Å². The van der Waals surface area contributed by atoms with Gasteiger partial charge < -0.3 is 14.1 Å². The molecule has 0 saturated heterocycles. The third kappa shape index (κ3) is 4.03. The normalized spacial score (nSPS) is 13.8. The number of pyridine rings is 1. The van der Waals surface area contributed by atoms with Crippen LogP contribution in [0.15, 0.2) is 77.4 Å². The number of allylic oxidation sites excluding steroid dienone is 1. The van der Waals surface area contributed by atoms with Crippen LogP contribution in [0.5, 0.6) is 0 Å². The van der Waals surface area contributed by atoms with Crippen molar-refractivity contribution in [1.82, 2.24) is 4.98 Å². The van der Waals surface area contributed by atoms with Crippen molar-refractivity contribution in [3.8, 4) is 0 Å². The van der Waals surface area contributed by atoms with Crippen molar-refractivity contribution in [2.24, 2.45) is 0 Å². The van der Waals surface area contributed by atoms with Crippen LogP contribution in [0, 0.1) is 0 Å². The molecule has 164 valence electrons. The number of fused-ring (bicyclic) bond motifs is 2. The molecule has 1 aliphatic rings. The summed E-state index contributed by atoms with van der Waals surface area (Å²) in [5, 5.41) is 0.726. The summed E-state index contributed by atoms with van der Waals surface area (Å²) in [4.78, 5) is 32.2. The van der Waals surface area contributed by atoms with Crippen LogP contribution >= 0.6 is 0 Å². The van der Waals surface area contributed by atoms with Gasteiger partial charge in [-0.25, -0.2) is 9.78 Å². The van der Waals surface area contributed by atoms with Gasteiger partial charge in [0.2, 0.25) is 0 Å². The van der Waals surface area contributed by atoms with E-state index in [2.05, 4.69) is 0 Å². The summed E-state index contributed by atoms with van der Waals surface area (Å²) in [6.45, 7) is -0.343. The van der Waals surface area contributed by atoms with Crippen LogP contribution in [0.1, 0.15) is 33.8 Å². The summed E-state index contributed by atoms with van der Waals surface area (Å²) in [5.74, 6) is -0.0756. The van der Waals surface area contributed by atoms with Crippen LogP contribution in [-0.2, 0) is 16.0 Å². The molecule has 2 aromatic heterocycles. The highest BCUT2D eigenvalue weighted by Crippen LogP contribution is 2.37. The first-order chi connectivity index (χ1) is 16.1. The zero-order valence-corrected chi connectivity index (χ0v) is 18.2. The highest BCUT2D eigenvalue weighted by molar-refractivity contribution is 6.08. The zero-order valence-electron chi connectivity index (χ0n) is 18.2. The monoisotopic (exact) mass is 438 g/mol. The van der Waals surface area contributed by atoms with Gasteiger partial charge in [-0.3, -0.25) is 4.79 Å². The van der Waals surface area contributed by atoms with Crippen LogP contribution in [0.4, 0.5) is 5.69 Å². The molecular weight excluding hydrogens is 416 g/mol. The van der Waals surface area contributed by atoms with E-state index < -0.39 is 5.97 Å². The molecule has 0 fully saturated rings. The Morgan fingerprint density at radius 3 is 2.61 bits per heavy atom. The molecular formula is C27H22N2O4. The summed E-state index contributed by atoms with van der Waals surface area (Å²) in [6, 6.07) is 20.5. The first-order valence-corrected chi connectivity index (χ1v) is 10.8. The van der Waals surface area contributed by atoms with E-state index in [1.807, 2.05) is 72.8 Å².